The van der Waals surface area contributed by atoms with E-state index in [0.717, 1.165) is 17.7 Å². The highest BCUT2D eigenvalue weighted by atomic mass is 19.1. The lowest BCUT2D eigenvalue weighted by atomic mass is 10.1. The van der Waals surface area contributed by atoms with Crippen LogP contribution in [0.3, 0.4) is 0 Å². The summed E-state index contributed by atoms with van der Waals surface area (Å²) in [6, 6.07) is 14.4. The summed E-state index contributed by atoms with van der Waals surface area (Å²) >= 11 is 0. The number of nitrogens with one attached hydrogen (secondary N) is 1. The van der Waals surface area contributed by atoms with Gasteiger partial charge in [0.1, 0.15) is 5.82 Å². The standard InChI is InChI=1S/C17H16FNO/c1-11-6-2-5-9-16(11)19-17(20)14-10-13(14)12-7-3-4-8-15(12)18/h2-9,13-14H,10H2,1H3,(H,19,20). The number of hydrogen-bond acceptors (Lipinski definition) is 1. The van der Waals surface area contributed by atoms with Crippen molar-refractivity contribution in [2.75, 3.05) is 5.32 Å². The number of para-hydroxylation sites is 1. The Balaban J connectivity index is 1.69. The van der Waals surface area contributed by atoms with Gasteiger partial charge in [-0.1, -0.05) is 36.4 Å². The molecule has 1 fully saturated rings. The highest BCUT2D eigenvalue weighted by Gasteiger charge is 2.45. The first-order valence-electron chi connectivity index (χ1n) is 6.77. The quantitative estimate of drug-likeness (QED) is 0.900. The minimum atomic E-state index is -0.219. The molecule has 102 valence electrons. The van der Waals surface area contributed by atoms with Crippen molar-refractivity contribution in [2.45, 2.75) is 19.3 Å². The molecular formula is C17H16FNO. The minimum absolute atomic E-state index is 0.0141. The summed E-state index contributed by atoms with van der Waals surface area (Å²) in [5.74, 6) is -0.344. The Morgan fingerprint density at radius 3 is 2.60 bits per heavy atom. The molecule has 3 rings (SSSR count). The molecule has 0 radical (unpaired) electrons. The van der Waals surface area contributed by atoms with Crippen molar-refractivity contribution in [1.29, 1.82) is 0 Å². The predicted octanol–water partition coefficient (Wildman–Crippen LogP) is 3.88. The lowest BCUT2D eigenvalue weighted by Crippen LogP contribution is -2.15. The number of rotatable bonds is 3. The molecule has 1 aliphatic rings. The van der Waals surface area contributed by atoms with Gasteiger partial charge in [0.25, 0.3) is 0 Å². The molecule has 3 heteroatoms. The van der Waals surface area contributed by atoms with Crippen LogP contribution in [-0.2, 0) is 4.79 Å². The molecular weight excluding hydrogens is 253 g/mol. The van der Waals surface area contributed by atoms with Gasteiger partial charge in [-0.15, -0.1) is 0 Å². The van der Waals surface area contributed by atoms with Crippen molar-refractivity contribution in [3.05, 3.63) is 65.5 Å². The van der Waals surface area contributed by atoms with Crippen LogP contribution in [0.25, 0.3) is 0 Å². The SMILES string of the molecule is Cc1ccccc1NC(=O)C1CC1c1ccccc1F. The maximum atomic E-state index is 13.7. The maximum absolute atomic E-state index is 13.7. The molecule has 2 aromatic carbocycles. The molecule has 0 spiro atoms. The molecule has 0 aromatic heterocycles. The van der Waals surface area contributed by atoms with E-state index in [9.17, 15) is 9.18 Å². The Morgan fingerprint density at radius 2 is 1.85 bits per heavy atom. The molecule has 2 atom stereocenters. The van der Waals surface area contributed by atoms with Gasteiger partial charge in [0.05, 0.1) is 0 Å². The summed E-state index contributed by atoms with van der Waals surface area (Å²) < 4.78 is 13.7. The van der Waals surface area contributed by atoms with Gasteiger partial charge in [0, 0.05) is 11.6 Å². The molecule has 1 aliphatic carbocycles. The Kier molecular flexibility index (Phi) is 3.26. The van der Waals surface area contributed by atoms with E-state index in [1.165, 1.54) is 6.07 Å². The number of carbonyl (C=O) groups excluding carboxylic acids is 1. The smallest absolute Gasteiger partial charge is 0.228 e. The fourth-order valence-electron chi connectivity index (χ4n) is 2.54. The summed E-state index contributed by atoms with van der Waals surface area (Å²) in [5.41, 5.74) is 2.51. The normalized spacial score (nSPS) is 20.5. The van der Waals surface area contributed by atoms with E-state index in [2.05, 4.69) is 5.32 Å². The fraction of sp³-hybridized carbons (Fsp3) is 0.235. The third-order valence-electron chi connectivity index (χ3n) is 3.83. The van der Waals surface area contributed by atoms with Gasteiger partial charge in [-0.3, -0.25) is 4.79 Å². The number of amides is 1. The zero-order valence-electron chi connectivity index (χ0n) is 11.3. The average molecular weight is 269 g/mol. The number of hydrogen-bond donors (Lipinski definition) is 1. The Hall–Kier alpha value is -2.16. The van der Waals surface area contributed by atoms with Crippen LogP contribution < -0.4 is 5.32 Å². The summed E-state index contributed by atoms with van der Waals surface area (Å²) in [7, 11) is 0. The molecule has 2 nitrogen and oxygen atoms in total. The van der Waals surface area contributed by atoms with Crippen molar-refractivity contribution < 1.29 is 9.18 Å². The average Bonchev–Trinajstić information content (AvgIpc) is 3.22. The molecule has 2 aromatic rings. The van der Waals surface area contributed by atoms with Crippen LogP contribution in [-0.4, -0.2) is 5.91 Å². The summed E-state index contributed by atoms with van der Waals surface area (Å²) in [4.78, 5) is 12.2. The Bertz CT molecular complexity index is 653. The van der Waals surface area contributed by atoms with Gasteiger partial charge in [-0.2, -0.15) is 0 Å². The van der Waals surface area contributed by atoms with Crippen LogP contribution in [0.2, 0.25) is 0 Å². The molecule has 1 N–H and O–H groups in total. The van der Waals surface area contributed by atoms with Gasteiger partial charge >= 0.3 is 0 Å². The van der Waals surface area contributed by atoms with Crippen LogP contribution in [0.5, 0.6) is 0 Å². The molecule has 0 heterocycles. The van der Waals surface area contributed by atoms with Crippen molar-refractivity contribution in [3.8, 4) is 0 Å². The van der Waals surface area contributed by atoms with Crippen LogP contribution in [0, 0.1) is 18.7 Å². The molecule has 20 heavy (non-hydrogen) atoms. The van der Waals surface area contributed by atoms with Crippen molar-refractivity contribution in [2.24, 2.45) is 5.92 Å². The van der Waals surface area contributed by atoms with E-state index < -0.39 is 0 Å². The number of aryl methyl sites for hydroxylation is 1. The zero-order chi connectivity index (χ0) is 14.1. The molecule has 2 unspecified atom stereocenters. The second-order valence-electron chi connectivity index (χ2n) is 5.27. The third-order valence-corrected chi connectivity index (χ3v) is 3.83. The van der Waals surface area contributed by atoms with Gasteiger partial charge < -0.3 is 5.32 Å². The van der Waals surface area contributed by atoms with Crippen LogP contribution in [0.4, 0.5) is 10.1 Å². The minimum Gasteiger partial charge on any atom is -0.326 e. The van der Waals surface area contributed by atoms with Gasteiger partial charge in [-0.05, 0) is 42.5 Å². The van der Waals surface area contributed by atoms with E-state index in [4.69, 9.17) is 0 Å². The lowest BCUT2D eigenvalue weighted by Gasteiger charge is -2.08. The summed E-state index contributed by atoms with van der Waals surface area (Å²) in [6.07, 6.45) is 0.721. The van der Waals surface area contributed by atoms with Crippen LogP contribution in [0.15, 0.2) is 48.5 Å². The maximum Gasteiger partial charge on any atom is 0.228 e. The largest absolute Gasteiger partial charge is 0.326 e. The van der Waals surface area contributed by atoms with E-state index in [0.29, 0.717) is 5.56 Å². The Morgan fingerprint density at radius 1 is 1.15 bits per heavy atom. The van der Waals surface area contributed by atoms with E-state index in [-0.39, 0.29) is 23.6 Å². The van der Waals surface area contributed by atoms with E-state index in [1.807, 2.05) is 37.3 Å². The number of anilines is 1. The first kappa shape index (κ1) is 12.9. The van der Waals surface area contributed by atoms with Gasteiger partial charge in [-0.25, -0.2) is 4.39 Å². The third kappa shape index (κ3) is 2.44. The number of halogens is 1. The van der Waals surface area contributed by atoms with Crippen molar-refractivity contribution in [3.63, 3.8) is 0 Å². The number of carbonyl (C=O) groups is 1. The topological polar surface area (TPSA) is 29.1 Å². The van der Waals surface area contributed by atoms with Gasteiger partial charge in [0.2, 0.25) is 5.91 Å². The zero-order valence-corrected chi connectivity index (χ0v) is 11.3. The molecule has 0 bridgehead atoms. The molecule has 1 amide bonds. The van der Waals surface area contributed by atoms with Crippen molar-refractivity contribution in [1.82, 2.24) is 0 Å². The second-order valence-corrected chi connectivity index (χ2v) is 5.27. The molecule has 0 aliphatic heterocycles. The van der Waals surface area contributed by atoms with Gasteiger partial charge in [0.15, 0.2) is 0 Å². The number of benzene rings is 2. The first-order valence-corrected chi connectivity index (χ1v) is 6.77. The van der Waals surface area contributed by atoms with E-state index >= 15 is 0 Å². The highest BCUT2D eigenvalue weighted by Crippen LogP contribution is 2.48. The molecule has 0 saturated heterocycles. The van der Waals surface area contributed by atoms with Crippen molar-refractivity contribution >= 4 is 11.6 Å². The van der Waals surface area contributed by atoms with Crippen LogP contribution in [0.1, 0.15) is 23.5 Å². The first-order chi connectivity index (χ1) is 9.66. The fourth-order valence-corrected chi connectivity index (χ4v) is 2.54. The molecule has 1 saturated carbocycles. The monoisotopic (exact) mass is 269 g/mol. The highest BCUT2D eigenvalue weighted by molar-refractivity contribution is 5.95. The predicted molar refractivity (Wildman–Crippen MR) is 77.1 cm³/mol. The second kappa shape index (κ2) is 5.08. The summed E-state index contributed by atoms with van der Waals surface area (Å²) in [5, 5.41) is 2.93. The Labute approximate surface area is 117 Å². The van der Waals surface area contributed by atoms with E-state index in [1.54, 1.807) is 12.1 Å². The lowest BCUT2D eigenvalue weighted by molar-refractivity contribution is -0.117. The van der Waals surface area contributed by atoms with Crippen LogP contribution >= 0.6 is 0 Å². The summed E-state index contributed by atoms with van der Waals surface area (Å²) in [6.45, 7) is 1.96.